The molecule has 0 aliphatic heterocycles. The molecule has 0 bridgehead atoms. The van der Waals surface area contributed by atoms with E-state index in [2.05, 4.69) is 26.1 Å². The summed E-state index contributed by atoms with van der Waals surface area (Å²) in [5.74, 6) is 0.911. The van der Waals surface area contributed by atoms with Crippen molar-refractivity contribution in [1.82, 2.24) is 5.32 Å². The number of hydrogen-bond acceptors (Lipinski definition) is 1. The van der Waals surface area contributed by atoms with Gasteiger partial charge in [0.05, 0.1) is 0 Å². The molecule has 1 nitrogen and oxygen atoms in total. The van der Waals surface area contributed by atoms with E-state index in [1.54, 1.807) is 0 Å². The minimum Gasteiger partial charge on any atom is -0.317 e. The van der Waals surface area contributed by atoms with Crippen LogP contribution in [-0.4, -0.2) is 13.1 Å². The Balaban J connectivity index is 3.02. The molecule has 0 spiro atoms. The van der Waals surface area contributed by atoms with E-state index in [0.29, 0.717) is 0 Å². The molecule has 0 saturated heterocycles. The first-order valence-corrected chi connectivity index (χ1v) is 5.52. The summed E-state index contributed by atoms with van der Waals surface area (Å²) < 4.78 is 0. The lowest BCUT2D eigenvalue weighted by atomic mass is 10.0. The molecule has 1 heteroatoms. The van der Waals surface area contributed by atoms with Crippen molar-refractivity contribution in [3.8, 4) is 0 Å². The van der Waals surface area contributed by atoms with Gasteiger partial charge in [0.2, 0.25) is 0 Å². The van der Waals surface area contributed by atoms with Gasteiger partial charge in [-0.05, 0) is 31.8 Å². The van der Waals surface area contributed by atoms with Crippen LogP contribution < -0.4 is 5.32 Å². The van der Waals surface area contributed by atoms with Crippen molar-refractivity contribution in [1.29, 1.82) is 0 Å². The Bertz CT molecular complexity index is 81.1. The lowest BCUT2D eigenvalue weighted by Gasteiger charge is -2.10. The van der Waals surface area contributed by atoms with Crippen LogP contribution in [0.1, 0.15) is 52.9 Å². The average Bonchev–Trinajstić information content (AvgIpc) is 2.09. The summed E-state index contributed by atoms with van der Waals surface area (Å²) >= 11 is 0. The summed E-state index contributed by atoms with van der Waals surface area (Å²) in [5.41, 5.74) is 0. The van der Waals surface area contributed by atoms with Crippen LogP contribution >= 0.6 is 0 Å². The number of hydrogen-bond donors (Lipinski definition) is 1. The minimum atomic E-state index is 0.911. The Morgan fingerprint density at radius 3 is 2.33 bits per heavy atom. The average molecular weight is 171 g/mol. The minimum absolute atomic E-state index is 0.911. The molecule has 1 unspecified atom stereocenters. The summed E-state index contributed by atoms with van der Waals surface area (Å²) in [6.45, 7) is 9.23. The fourth-order valence-corrected chi connectivity index (χ4v) is 1.35. The van der Waals surface area contributed by atoms with Gasteiger partial charge in [0.25, 0.3) is 0 Å². The molecule has 0 amide bonds. The van der Waals surface area contributed by atoms with Crippen molar-refractivity contribution in [2.24, 2.45) is 5.92 Å². The van der Waals surface area contributed by atoms with E-state index in [0.717, 1.165) is 5.92 Å². The predicted molar refractivity (Wildman–Crippen MR) is 56.5 cm³/mol. The van der Waals surface area contributed by atoms with Crippen LogP contribution in [0.3, 0.4) is 0 Å². The zero-order valence-corrected chi connectivity index (χ0v) is 9.03. The molecule has 0 radical (unpaired) electrons. The van der Waals surface area contributed by atoms with Gasteiger partial charge in [-0.3, -0.25) is 0 Å². The van der Waals surface area contributed by atoms with E-state index in [9.17, 15) is 0 Å². The van der Waals surface area contributed by atoms with Gasteiger partial charge in [0.15, 0.2) is 0 Å². The standard InChI is InChI=1S/C11H25N/c1-4-6-7-11(3)8-10-12-9-5-2/h11-12H,4-10H2,1-3H3. The second kappa shape index (κ2) is 9.05. The molecule has 0 heterocycles. The van der Waals surface area contributed by atoms with Gasteiger partial charge in [0, 0.05) is 0 Å². The Hall–Kier alpha value is -0.0400. The molecule has 74 valence electrons. The van der Waals surface area contributed by atoms with E-state index in [1.165, 1.54) is 45.2 Å². The summed E-state index contributed by atoms with van der Waals surface area (Å²) in [6.07, 6.45) is 6.75. The van der Waals surface area contributed by atoms with Crippen LogP contribution in [-0.2, 0) is 0 Å². The number of unbranched alkanes of at least 4 members (excludes halogenated alkanes) is 1. The van der Waals surface area contributed by atoms with Gasteiger partial charge < -0.3 is 5.32 Å². The molecule has 0 fully saturated rings. The van der Waals surface area contributed by atoms with Gasteiger partial charge in [-0.15, -0.1) is 0 Å². The van der Waals surface area contributed by atoms with Crippen LogP contribution in [0.5, 0.6) is 0 Å². The SMILES string of the molecule is CCCCC(C)CCNCCC. The molecule has 0 aromatic carbocycles. The summed E-state index contributed by atoms with van der Waals surface area (Å²) in [5, 5.41) is 3.44. The molecule has 0 aliphatic rings. The maximum absolute atomic E-state index is 3.44. The van der Waals surface area contributed by atoms with E-state index >= 15 is 0 Å². The Morgan fingerprint density at radius 2 is 1.75 bits per heavy atom. The lowest BCUT2D eigenvalue weighted by molar-refractivity contribution is 0.454. The van der Waals surface area contributed by atoms with Crippen molar-refractivity contribution in [3.63, 3.8) is 0 Å². The summed E-state index contributed by atoms with van der Waals surface area (Å²) in [7, 11) is 0. The van der Waals surface area contributed by atoms with Crippen molar-refractivity contribution in [2.45, 2.75) is 52.9 Å². The van der Waals surface area contributed by atoms with Crippen molar-refractivity contribution in [3.05, 3.63) is 0 Å². The fourth-order valence-electron chi connectivity index (χ4n) is 1.35. The molecule has 1 atom stereocenters. The van der Waals surface area contributed by atoms with Gasteiger partial charge in [-0.25, -0.2) is 0 Å². The monoisotopic (exact) mass is 171 g/mol. The van der Waals surface area contributed by atoms with Gasteiger partial charge in [-0.1, -0.05) is 40.0 Å². The number of rotatable bonds is 8. The smallest absolute Gasteiger partial charge is 0.00464 e. The van der Waals surface area contributed by atoms with Crippen LogP contribution in [0.2, 0.25) is 0 Å². The molecular formula is C11H25N. The quantitative estimate of drug-likeness (QED) is 0.553. The molecule has 12 heavy (non-hydrogen) atoms. The third kappa shape index (κ3) is 8.06. The zero-order valence-electron chi connectivity index (χ0n) is 9.03. The second-order valence-electron chi connectivity index (χ2n) is 3.79. The van der Waals surface area contributed by atoms with E-state index in [1.807, 2.05) is 0 Å². The number of nitrogens with one attached hydrogen (secondary N) is 1. The van der Waals surface area contributed by atoms with E-state index < -0.39 is 0 Å². The predicted octanol–water partition coefficient (Wildman–Crippen LogP) is 3.20. The van der Waals surface area contributed by atoms with Crippen LogP contribution in [0.25, 0.3) is 0 Å². The van der Waals surface area contributed by atoms with Crippen molar-refractivity contribution in [2.75, 3.05) is 13.1 Å². The molecule has 1 N–H and O–H groups in total. The van der Waals surface area contributed by atoms with Gasteiger partial charge in [0.1, 0.15) is 0 Å². The van der Waals surface area contributed by atoms with Crippen molar-refractivity contribution < 1.29 is 0 Å². The third-order valence-electron chi connectivity index (χ3n) is 2.29. The Kier molecular flexibility index (Phi) is 9.02. The molecule has 0 aromatic rings. The Labute approximate surface area is 77.9 Å². The summed E-state index contributed by atoms with van der Waals surface area (Å²) in [4.78, 5) is 0. The molecule has 0 aromatic heterocycles. The molecular weight excluding hydrogens is 146 g/mol. The van der Waals surface area contributed by atoms with E-state index in [-0.39, 0.29) is 0 Å². The molecule has 0 saturated carbocycles. The highest BCUT2D eigenvalue weighted by atomic mass is 14.8. The normalized spacial score (nSPS) is 13.2. The topological polar surface area (TPSA) is 12.0 Å². The van der Waals surface area contributed by atoms with Gasteiger partial charge >= 0.3 is 0 Å². The first-order chi connectivity index (χ1) is 5.81. The molecule has 0 aliphatic carbocycles. The molecule has 0 rings (SSSR count). The highest BCUT2D eigenvalue weighted by Crippen LogP contribution is 2.10. The van der Waals surface area contributed by atoms with Gasteiger partial charge in [-0.2, -0.15) is 0 Å². The van der Waals surface area contributed by atoms with Crippen molar-refractivity contribution >= 4 is 0 Å². The third-order valence-corrected chi connectivity index (χ3v) is 2.29. The Morgan fingerprint density at radius 1 is 1.00 bits per heavy atom. The van der Waals surface area contributed by atoms with E-state index in [4.69, 9.17) is 0 Å². The van der Waals surface area contributed by atoms with Crippen LogP contribution in [0.15, 0.2) is 0 Å². The highest BCUT2D eigenvalue weighted by molar-refractivity contribution is 4.55. The highest BCUT2D eigenvalue weighted by Gasteiger charge is 1.99. The van der Waals surface area contributed by atoms with Crippen LogP contribution in [0, 0.1) is 5.92 Å². The zero-order chi connectivity index (χ0) is 9.23. The first kappa shape index (κ1) is 12.0. The largest absolute Gasteiger partial charge is 0.317 e. The first-order valence-electron chi connectivity index (χ1n) is 5.52. The van der Waals surface area contributed by atoms with Crippen LogP contribution in [0.4, 0.5) is 0 Å². The lowest BCUT2D eigenvalue weighted by Crippen LogP contribution is -2.18. The second-order valence-corrected chi connectivity index (χ2v) is 3.79. The maximum atomic E-state index is 3.44. The fraction of sp³-hybridized carbons (Fsp3) is 1.00. The summed E-state index contributed by atoms with van der Waals surface area (Å²) in [6, 6.07) is 0. The maximum Gasteiger partial charge on any atom is -0.00464 e.